The predicted molar refractivity (Wildman–Crippen MR) is 93.0 cm³/mol. The van der Waals surface area contributed by atoms with Crippen LogP contribution in [0.15, 0.2) is 0 Å². The van der Waals surface area contributed by atoms with Gasteiger partial charge in [-0.3, -0.25) is 4.57 Å². The Morgan fingerprint density at radius 1 is 0.875 bits per heavy atom. The minimum Gasteiger partial charge on any atom is -0.370 e. The highest BCUT2D eigenvalue weighted by atomic mass is 16.5. The molecule has 2 aliphatic heterocycles. The van der Waals surface area contributed by atoms with Gasteiger partial charge in [-0.1, -0.05) is 12.8 Å². The molecule has 1 unspecified atom stereocenters. The minimum absolute atomic E-state index is 0.170. The fourth-order valence-electron chi connectivity index (χ4n) is 5.03. The molecule has 5 nitrogen and oxygen atoms in total. The Hall–Kier alpha value is -1.10. The molecule has 0 radical (unpaired) electrons. The van der Waals surface area contributed by atoms with Gasteiger partial charge in [-0.25, -0.2) is 0 Å². The first-order chi connectivity index (χ1) is 11.9. The van der Waals surface area contributed by atoms with E-state index in [1.165, 1.54) is 64.5 Å². The Labute approximate surface area is 144 Å². The second-order valence-electron chi connectivity index (χ2n) is 8.48. The van der Waals surface area contributed by atoms with Crippen LogP contribution in [0, 0.1) is 17.8 Å². The molecule has 24 heavy (non-hydrogen) atoms. The number of anilines is 1. The molecule has 0 N–H and O–H groups in total. The molecule has 5 heteroatoms. The van der Waals surface area contributed by atoms with Crippen molar-refractivity contribution in [2.24, 2.45) is 17.8 Å². The maximum absolute atomic E-state index is 6.04. The summed E-state index contributed by atoms with van der Waals surface area (Å²) < 4.78 is 8.47. The summed E-state index contributed by atoms with van der Waals surface area (Å²) in [5.41, 5.74) is 0. The molecular weight excluding hydrogens is 300 g/mol. The lowest BCUT2D eigenvalue weighted by atomic mass is 9.82. The van der Waals surface area contributed by atoms with Crippen LogP contribution in [0.25, 0.3) is 0 Å². The molecule has 2 saturated carbocycles. The van der Waals surface area contributed by atoms with Crippen LogP contribution in [0.5, 0.6) is 0 Å². The zero-order chi connectivity index (χ0) is 15.9. The van der Waals surface area contributed by atoms with E-state index < -0.39 is 0 Å². The second-order valence-corrected chi connectivity index (χ2v) is 8.48. The summed E-state index contributed by atoms with van der Waals surface area (Å²) in [6.45, 7) is 4.37. The molecule has 5 rings (SSSR count). The highest BCUT2D eigenvalue weighted by molar-refractivity contribution is 5.34. The summed E-state index contributed by atoms with van der Waals surface area (Å²) in [6.07, 6.45) is 12.1. The average molecular weight is 330 g/mol. The Balaban J connectivity index is 1.41. The van der Waals surface area contributed by atoms with Gasteiger partial charge in [0.1, 0.15) is 6.10 Å². The highest BCUT2D eigenvalue weighted by Gasteiger charge is 2.38. The van der Waals surface area contributed by atoms with E-state index in [0.717, 1.165) is 49.1 Å². The van der Waals surface area contributed by atoms with Crippen molar-refractivity contribution in [3.63, 3.8) is 0 Å². The molecule has 132 valence electrons. The van der Waals surface area contributed by atoms with Gasteiger partial charge in [0.15, 0.2) is 5.82 Å². The third-order valence-corrected chi connectivity index (χ3v) is 6.62. The zero-order valence-corrected chi connectivity index (χ0v) is 14.7. The summed E-state index contributed by atoms with van der Waals surface area (Å²) >= 11 is 0. The van der Waals surface area contributed by atoms with E-state index in [0.29, 0.717) is 0 Å². The van der Waals surface area contributed by atoms with Gasteiger partial charge in [0.05, 0.1) is 0 Å². The molecule has 1 aromatic heterocycles. The van der Waals surface area contributed by atoms with E-state index in [9.17, 15) is 0 Å². The van der Waals surface area contributed by atoms with Gasteiger partial charge in [0, 0.05) is 26.2 Å². The van der Waals surface area contributed by atoms with Crippen molar-refractivity contribution < 1.29 is 4.74 Å². The maximum atomic E-state index is 6.04. The molecular formula is C19H30N4O. The zero-order valence-electron chi connectivity index (χ0n) is 14.7. The smallest absolute Gasteiger partial charge is 0.227 e. The number of nitrogens with zero attached hydrogens (tertiary/aromatic N) is 4. The molecule has 0 bridgehead atoms. The fourth-order valence-corrected chi connectivity index (χ4v) is 5.03. The van der Waals surface area contributed by atoms with Crippen LogP contribution in [0.1, 0.15) is 69.7 Å². The van der Waals surface area contributed by atoms with Gasteiger partial charge >= 0.3 is 0 Å². The van der Waals surface area contributed by atoms with Crippen LogP contribution in [-0.4, -0.2) is 34.5 Å². The van der Waals surface area contributed by atoms with E-state index >= 15 is 0 Å². The highest BCUT2D eigenvalue weighted by Crippen LogP contribution is 2.40. The van der Waals surface area contributed by atoms with Crippen molar-refractivity contribution in [1.82, 2.24) is 14.8 Å². The molecule has 1 aromatic rings. The molecule has 2 saturated heterocycles. The summed E-state index contributed by atoms with van der Waals surface area (Å²) in [4.78, 5) is 2.54. The molecule has 0 spiro atoms. The van der Waals surface area contributed by atoms with Crippen molar-refractivity contribution in [3.05, 3.63) is 5.82 Å². The second kappa shape index (κ2) is 6.32. The lowest BCUT2D eigenvalue weighted by Crippen LogP contribution is -2.26. The number of hydrogen-bond donors (Lipinski definition) is 0. The molecule has 3 heterocycles. The number of rotatable bonds is 4. The van der Waals surface area contributed by atoms with Crippen LogP contribution in [0.3, 0.4) is 0 Å². The standard InChI is InChI=1S/C19H30N4O/c1-2-6-16-13-22(12-15(16)5-1)19-21-20-18(17-7-3-4-10-24-17)23(19)11-14-8-9-14/h14-17H,1-13H2/t15-,16+,17?. The van der Waals surface area contributed by atoms with Crippen LogP contribution >= 0.6 is 0 Å². The van der Waals surface area contributed by atoms with Crippen LogP contribution in [0.2, 0.25) is 0 Å². The van der Waals surface area contributed by atoms with Crippen molar-refractivity contribution >= 4 is 5.95 Å². The normalized spacial score (nSPS) is 33.7. The van der Waals surface area contributed by atoms with E-state index in [4.69, 9.17) is 4.74 Å². The Morgan fingerprint density at radius 3 is 2.29 bits per heavy atom. The first-order valence-corrected chi connectivity index (χ1v) is 10.2. The molecule has 4 aliphatic rings. The van der Waals surface area contributed by atoms with E-state index in [2.05, 4.69) is 19.7 Å². The summed E-state index contributed by atoms with van der Waals surface area (Å²) in [5.74, 6) is 4.86. The SMILES string of the molecule is C1CCC(c2nnc(N3C[C@H]4CCCC[C@H]4C3)n2CC2CC2)OC1. The lowest BCUT2D eigenvalue weighted by Gasteiger charge is -2.24. The van der Waals surface area contributed by atoms with Crippen molar-refractivity contribution in [2.75, 3.05) is 24.6 Å². The summed E-state index contributed by atoms with van der Waals surface area (Å²) in [5, 5.41) is 9.30. The largest absolute Gasteiger partial charge is 0.370 e. The lowest BCUT2D eigenvalue weighted by molar-refractivity contribution is 0.00703. The van der Waals surface area contributed by atoms with E-state index in [1.54, 1.807) is 0 Å². The molecule has 0 amide bonds. The third kappa shape index (κ3) is 2.85. The Kier molecular flexibility index (Phi) is 4.00. The fraction of sp³-hybridized carbons (Fsp3) is 0.895. The van der Waals surface area contributed by atoms with Gasteiger partial charge in [-0.2, -0.15) is 0 Å². The third-order valence-electron chi connectivity index (χ3n) is 6.62. The van der Waals surface area contributed by atoms with Gasteiger partial charge in [-0.05, 0) is 62.7 Å². The first-order valence-electron chi connectivity index (χ1n) is 10.2. The Morgan fingerprint density at radius 2 is 1.62 bits per heavy atom. The van der Waals surface area contributed by atoms with E-state index in [-0.39, 0.29) is 6.10 Å². The number of hydrogen-bond acceptors (Lipinski definition) is 4. The van der Waals surface area contributed by atoms with Crippen molar-refractivity contribution in [2.45, 2.75) is 70.4 Å². The molecule has 3 atom stereocenters. The molecule has 4 fully saturated rings. The topological polar surface area (TPSA) is 43.2 Å². The summed E-state index contributed by atoms with van der Waals surface area (Å²) in [7, 11) is 0. The van der Waals surface area contributed by atoms with Crippen molar-refractivity contribution in [3.8, 4) is 0 Å². The van der Waals surface area contributed by atoms with Gasteiger partial charge in [-0.15, -0.1) is 10.2 Å². The maximum Gasteiger partial charge on any atom is 0.227 e. The van der Waals surface area contributed by atoms with Crippen LogP contribution in [-0.2, 0) is 11.3 Å². The molecule has 0 aromatic carbocycles. The van der Waals surface area contributed by atoms with Crippen molar-refractivity contribution in [1.29, 1.82) is 0 Å². The average Bonchev–Trinajstić information content (AvgIpc) is 3.19. The minimum atomic E-state index is 0.170. The van der Waals surface area contributed by atoms with Crippen LogP contribution in [0.4, 0.5) is 5.95 Å². The van der Waals surface area contributed by atoms with Gasteiger partial charge in [0.25, 0.3) is 0 Å². The monoisotopic (exact) mass is 330 g/mol. The summed E-state index contributed by atoms with van der Waals surface area (Å²) in [6, 6.07) is 0. The van der Waals surface area contributed by atoms with E-state index in [1.807, 2.05) is 0 Å². The Bertz CT molecular complexity index is 562. The number of fused-ring (bicyclic) bond motifs is 1. The van der Waals surface area contributed by atoms with Crippen LogP contribution < -0.4 is 4.90 Å². The quantitative estimate of drug-likeness (QED) is 0.847. The number of aromatic nitrogens is 3. The number of ether oxygens (including phenoxy) is 1. The van der Waals surface area contributed by atoms with Gasteiger partial charge in [0.2, 0.25) is 5.95 Å². The predicted octanol–water partition coefficient (Wildman–Crippen LogP) is 3.56. The first kappa shape index (κ1) is 15.2. The molecule has 2 aliphatic carbocycles. The van der Waals surface area contributed by atoms with Gasteiger partial charge < -0.3 is 9.64 Å².